The second kappa shape index (κ2) is 8.07. The van der Waals surface area contributed by atoms with Crippen LogP contribution >= 0.6 is 0 Å². The summed E-state index contributed by atoms with van der Waals surface area (Å²) in [5.41, 5.74) is 2.24. The van der Waals surface area contributed by atoms with Gasteiger partial charge in [0.05, 0.1) is 12.7 Å². The van der Waals surface area contributed by atoms with Gasteiger partial charge in [0.15, 0.2) is 0 Å². The number of anilines is 1. The van der Waals surface area contributed by atoms with Crippen LogP contribution < -0.4 is 10.1 Å². The van der Waals surface area contributed by atoms with Gasteiger partial charge >= 0.3 is 0 Å². The van der Waals surface area contributed by atoms with Crippen LogP contribution in [0.15, 0.2) is 42.7 Å². The van der Waals surface area contributed by atoms with Crippen LogP contribution in [0.25, 0.3) is 0 Å². The number of rotatable bonds is 4. The molecule has 0 radical (unpaired) electrons. The number of hydrogen-bond donors (Lipinski definition) is 1. The standard InChI is InChI=1S/C23H24N6O3/c1-14-7-15(10-24-9-14)23(31)28-11-16-8-20-26-27-21(29(20)13-17(16)12-28)22(30)25-18-3-5-19(32-2)6-4-18/h3-7,9-10,16-17H,8,11-13H2,1-2H3,(H,25,30)/t16-,17+/m0/s1. The Labute approximate surface area is 185 Å². The molecule has 2 aliphatic heterocycles. The highest BCUT2D eigenvalue weighted by Crippen LogP contribution is 2.33. The van der Waals surface area contributed by atoms with Gasteiger partial charge in [-0.3, -0.25) is 14.6 Å². The number of hydrogen-bond acceptors (Lipinski definition) is 6. The average molecular weight is 432 g/mol. The number of amides is 2. The van der Waals surface area contributed by atoms with E-state index < -0.39 is 0 Å². The minimum absolute atomic E-state index is 0.00355. The second-order valence-electron chi connectivity index (χ2n) is 8.42. The quantitative estimate of drug-likeness (QED) is 0.678. The molecular formula is C23H24N6O3. The van der Waals surface area contributed by atoms with Gasteiger partial charge in [-0.2, -0.15) is 0 Å². The number of pyridine rings is 1. The van der Waals surface area contributed by atoms with Crippen molar-refractivity contribution in [2.75, 3.05) is 25.5 Å². The number of ether oxygens (including phenoxy) is 1. The normalized spacial score (nSPS) is 19.2. The van der Waals surface area contributed by atoms with Gasteiger partial charge in [-0.1, -0.05) is 0 Å². The van der Waals surface area contributed by atoms with Crippen molar-refractivity contribution in [3.8, 4) is 5.75 Å². The summed E-state index contributed by atoms with van der Waals surface area (Å²) < 4.78 is 7.04. The van der Waals surface area contributed by atoms with Crippen LogP contribution in [0.2, 0.25) is 0 Å². The van der Waals surface area contributed by atoms with Gasteiger partial charge < -0.3 is 19.5 Å². The van der Waals surface area contributed by atoms with Crippen LogP contribution in [0.3, 0.4) is 0 Å². The van der Waals surface area contributed by atoms with Gasteiger partial charge in [0.1, 0.15) is 11.6 Å². The number of aromatic nitrogens is 4. The minimum Gasteiger partial charge on any atom is -0.497 e. The Morgan fingerprint density at radius 2 is 1.84 bits per heavy atom. The Morgan fingerprint density at radius 3 is 2.59 bits per heavy atom. The zero-order valence-electron chi connectivity index (χ0n) is 18.0. The minimum atomic E-state index is -0.302. The number of nitrogens with one attached hydrogen (secondary N) is 1. The summed E-state index contributed by atoms with van der Waals surface area (Å²) in [4.78, 5) is 31.8. The Morgan fingerprint density at radius 1 is 1.06 bits per heavy atom. The van der Waals surface area contributed by atoms with Gasteiger partial charge in [-0.15, -0.1) is 10.2 Å². The van der Waals surface area contributed by atoms with E-state index in [2.05, 4.69) is 20.5 Å². The Kier molecular flexibility index (Phi) is 5.08. The molecule has 1 saturated heterocycles. The van der Waals surface area contributed by atoms with E-state index in [9.17, 15) is 9.59 Å². The molecule has 4 heterocycles. The Hall–Kier alpha value is -3.75. The Balaban J connectivity index is 1.29. The SMILES string of the molecule is COc1ccc(NC(=O)c2nnc3n2C[C@H]2CN(C(=O)c4cncc(C)c4)C[C@@H]2C3)cc1. The molecule has 2 atom stereocenters. The molecule has 2 aliphatic rings. The topological polar surface area (TPSA) is 102 Å². The number of aryl methyl sites for hydroxylation is 1. The molecular weight excluding hydrogens is 408 g/mol. The molecule has 1 N–H and O–H groups in total. The second-order valence-corrected chi connectivity index (χ2v) is 8.42. The number of nitrogens with zero attached hydrogens (tertiary/aromatic N) is 5. The molecule has 9 heteroatoms. The van der Waals surface area contributed by atoms with E-state index >= 15 is 0 Å². The van der Waals surface area contributed by atoms with Gasteiger partial charge in [0.2, 0.25) is 5.82 Å². The first kappa shape index (κ1) is 20.2. The van der Waals surface area contributed by atoms with Crippen molar-refractivity contribution in [2.45, 2.75) is 19.9 Å². The molecule has 5 rings (SSSR count). The summed E-state index contributed by atoms with van der Waals surface area (Å²) >= 11 is 0. The largest absolute Gasteiger partial charge is 0.497 e. The molecule has 0 bridgehead atoms. The van der Waals surface area contributed by atoms with Crippen LogP contribution in [0.4, 0.5) is 5.69 Å². The molecule has 0 spiro atoms. The summed E-state index contributed by atoms with van der Waals surface area (Å²) in [7, 11) is 1.60. The first-order valence-corrected chi connectivity index (χ1v) is 10.6. The molecule has 164 valence electrons. The van der Waals surface area contributed by atoms with Crippen molar-refractivity contribution < 1.29 is 14.3 Å². The monoisotopic (exact) mass is 432 g/mol. The molecule has 2 amide bonds. The number of benzene rings is 1. The maximum Gasteiger partial charge on any atom is 0.293 e. The summed E-state index contributed by atoms with van der Waals surface area (Å²) in [6.07, 6.45) is 4.06. The smallest absolute Gasteiger partial charge is 0.293 e. The molecule has 1 aromatic carbocycles. The van der Waals surface area contributed by atoms with E-state index in [1.165, 1.54) is 0 Å². The highest BCUT2D eigenvalue weighted by molar-refractivity contribution is 6.01. The van der Waals surface area contributed by atoms with Gasteiger partial charge in [0.25, 0.3) is 11.8 Å². The van der Waals surface area contributed by atoms with E-state index in [1.807, 2.05) is 22.5 Å². The van der Waals surface area contributed by atoms with Crippen LogP contribution in [0.5, 0.6) is 5.75 Å². The van der Waals surface area contributed by atoms with E-state index in [-0.39, 0.29) is 17.7 Å². The fraction of sp³-hybridized carbons (Fsp3) is 0.348. The number of likely N-dealkylation sites (tertiary alicyclic amines) is 1. The molecule has 0 saturated carbocycles. The first-order valence-electron chi connectivity index (χ1n) is 10.6. The fourth-order valence-electron chi connectivity index (χ4n) is 4.57. The highest BCUT2D eigenvalue weighted by atomic mass is 16.5. The van der Waals surface area contributed by atoms with Crippen molar-refractivity contribution in [3.63, 3.8) is 0 Å². The summed E-state index contributed by atoms with van der Waals surface area (Å²) in [6.45, 7) is 3.87. The zero-order chi connectivity index (χ0) is 22.2. The first-order chi connectivity index (χ1) is 15.5. The van der Waals surface area contributed by atoms with Crippen molar-refractivity contribution in [3.05, 3.63) is 65.5 Å². The third-order valence-corrected chi connectivity index (χ3v) is 6.23. The number of carbonyl (C=O) groups is 2. The number of carbonyl (C=O) groups excluding carboxylic acids is 2. The Bertz CT molecular complexity index is 1170. The van der Waals surface area contributed by atoms with Crippen molar-refractivity contribution in [1.82, 2.24) is 24.6 Å². The lowest BCUT2D eigenvalue weighted by Gasteiger charge is -2.25. The van der Waals surface area contributed by atoms with Crippen molar-refractivity contribution in [1.29, 1.82) is 0 Å². The van der Waals surface area contributed by atoms with E-state index in [0.29, 0.717) is 49.0 Å². The molecule has 1 fully saturated rings. The van der Waals surface area contributed by atoms with Crippen LogP contribution in [0.1, 0.15) is 32.4 Å². The molecule has 32 heavy (non-hydrogen) atoms. The summed E-state index contributed by atoms with van der Waals surface area (Å²) in [6, 6.07) is 9.00. The van der Waals surface area contributed by atoms with E-state index in [4.69, 9.17) is 4.74 Å². The lowest BCUT2D eigenvalue weighted by Crippen LogP contribution is -2.31. The lowest BCUT2D eigenvalue weighted by molar-refractivity contribution is 0.0782. The number of methoxy groups -OCH3 is 1. The molecule has 3 aromatic rings. The summed E-state index contributed by atoms with van der Waals surface area (Å²) in [5.74, 6) is 2.07. The molecule has 0 unspecified atom stereocenters. The van der Waals surface area contributed by atoms with E-state index in [0.717, 1.165) is 17.1 Å². The maximum atomic E-state index is 13.0. The van der Waals surface area contributed by atoms with E-state index in [1.54, 1.807) is 43.8 Å². The highest BCUT2D eigenvalue weighted by Gasteiger charge is 2.40. The average Bonchev–Trinajstić information content (AvgIpc) is 3.41. The van der Waals surface area contributed by atoms with Crippen LogP contribution in [-0.4, -0.2) is 56.7 Å². The fourth-order valence-corrected chi connectivity index (χ4v) is 4.57. The predicted octanol–water partition coefficient (Wildman–Crippen LogP) is 2.19. The lowest BCUT2D eigenvalue weighted by atomic mass is 9.89. The molecule has 2 aromatic heterocycles. The van der Waals surface area contributed by atoms with Gasteiger partial charge in [-0.05, 0) is 54.7 Å². The van der Waals surface area contributed by atoms with Crippen LogP contribution in [-0.2, 0) is 13.0 Å². The predicted molar refractivity (Wildman–Crippen MR) is 117 cm³/mol. The molecule has 9 nitrogen and oxygen atoms in total. The third-order valence-electron chi connectivity index (χ3n) is 6.23. The summed E-state index contributed by atoms with van der Waals surface area (Å²) in [5, 5.41) is 11.3. The van der Waals surface area contributed by atoms with Gasteiger partial charge in [-0.25, -0.2) is 0 Å². The maximum absolute atomic E-state index is 13.0. The third kappa shape index (κ3) is 3.70. The number of fused-ring (bicyclic) bond motifs is 2. The zero-order valence-corrected chi connectivity index (χ0v) is 18.0. The van der Waals surface area contributed by atoms with Crippen molar-refractivity contribution >= 4 is 17.5 Å². The van der Waals surface area contributed by atoms with Crippen LogP contribution in [0, 0.1) is 18.8 Å². The van der Waals surface area contributed by atoms with Crippen molar-refractivity contribution in [2.24, 2.45) is 11.8 Å². The van der Waals surface area contributed by atoms with Gasteiger partial charge in [0, 0.05) is 44.1 Å². The molecule has 0 aliphatic carbocycles.